The van der Waals surface area contributed by atoms with Crippen LogP contribution in [0.5, 0.6) is 11.6 Å². The van der Waals surface area contributed by atoms with Gasteiger partial charge in [-0.2, -0.15) is 0 Å². The van der Waals surface area contributed by atoms with Crippen molar-refractivity contribution in [2.75, 3.05) is 6.61 Å². The van der Waals surface area contributed by atoms with Crippen LogP contribution < -0.4 is 9.47 Å². The van der Waals surface area contributed by atoms with Crippen LogP contribution in [0.4, 0.5) is 0 Å². The molecule has 0 saturated carbocycles. The number of ether oxygens (including phenoxy) is 3. The van der Waals surface area contributed by atoms with Crippen LogP contribution in [0.15, 0.2) is 104 Å². The van der Waals surface area contributed by atoms with Crippen LogP contribution in [0.2, 0.25) is 5.15 Å². The molecular formula is C33H30ClNO3. The number of aromatic nitrogens is 1. The van der Waals surface area contributed by atoms with E-state index in [2.05, 4.69) is 12.5 Å². The fourth-order valence-electron chi connectivity index (χ4n) is 4.11. The summed E-state index contributed by atoms with van der Waals surface area (Å²) in [5.74, 6) is 3.31. The Morgan fingerprint density at radius 3 is 2.00 bits per heavy atom. The molecule has 2 atom stereocenters. The fraction of sp³-hybridized carbons (Fsp3) is 0.182. The van der Waals surface area contributed by atoms with Crippen LogP contribution in [-0.2, 0) is 18.0 Å². The summed E-state index contributed by atoms with van der Waals surface area (Å²) in [4.78, 5) is 4.72. The Bertz CT molecular complexity index is 1370. The molecule has 4 aromatic rings. The second kappa shape index (κ2) is 13.5. The minimum Gasteiger partial charge on any atom is -0.488 e. The van der Waals surface area contributed by atoms with Crippen LogP contribution in [0.25, 0.3) is 11.1 Å². The first kappa shape index (κ1) is 27.0. The Morgan fingerprint density at radius 1 is 0.895 bits per heavy atom. The number of rotatable bonds is 12. The molecular weight excluding hydrogens is 494 g/mol. The molecule has 0 N–H and O–H groups in total. The van der Waals surface area contributed by atoms with Gasteiger partial charge < -0.3 is 14.2 Å². The van der Waals surface area contributed by atoms with Gasteiger partial charge in [0.15, 0.2) is 0 Å². The summed E-state index contributed by atoms with van der Waals surface area (Å²) in [6.45, 7) is 6.72. The van der Waals surface area contributed by atoms with Gasteiger partial charge in [0.05, 0.1) is 17.2 Å². The van der Waals surface area contributed by atoms with Crippen molar-refractivity contribution in [2.24, 2.45) is 5.92 Å². The summed E-state index contributed by atoms with van der Waals surface area (Å²) in [5, 5.41) is 0.271. The van der Waals surface area contributed by atoms with Gasteiger partial charge in [0.25, 0.3) is 0 Å². The van der Waals surface area contributed by atoms with Gasteiger partial charge in [-0.15, -0.1) is 13.0 Å². The van der Waals surface area contributed by atoms with E-state index < -0.39 is 6.10 Å². The van der Waals surface area contributed by atoms with Gasteiger partial charge >= 0.3 is 0 Å². The highest BCUT2D eigenvalue weighted by Gasteiger charge is 2.31. The lowest BCUT2D eigenvalue weighted by Gasteiger charge is -2.28. The smallest absolute Gasteiger partial charge is 0.224 e. The second-order valence-corrected chi connectivity index (χ2v) is 9.13. The third-order valence-electron chi connectivity index (χ3n) is 6.10. The van der Waals surface area contributed by atoms with Gasteiger partial charge in [-0.25, -0.2) is 4.98 Å². The zero-order chi connectivity index (χ0) is 26.7. The van der Waals surface area contributed by atoms with Crippen LogP contribution in [0.1, 0.15) is 29.7 Å². The van der Waals surface area contributed by atoms with Gasteiger partial charge in [0.2, 0.25) is 5.88 Å². The maximum absolute atomic E-state index is 6.86. The highest BCUT2D eigenvalue weighted by atomic mass is 35.5. The van der Waals surface area contributed by atoms with Crippen molar-refractivity contribution < 1.29 is 14.2 Å². The SMILES string of the molecule is C#CCO[C@H](c1c(OCc2ccccc2)nc(Cl)c(-c2ccccc2)c1OCc1ccccc1)[C@@H](C)C=C. The maximum Gasteiger partial charge on any atom is 0.224 e. The molecule has 0 aliphatic carbocycles. The van der Waals surface area contributed by atoms with E-state index in [9.17, 15) is 0 Å². The van der Waals surface area contributed by atoms with Gasteiger partial charge in [-0.1, -0.05) is 122 Å². The molecule has 38 heavy (non-hydrogen) atoms. The monoisotopic (exact) mass is 523 g/mol. The molecule has 0 aliphatic heterocycles. The lowest BCUT2D eigenvalue weighted by Crippen LogP contribution is -2.17. The molecule has 4 nitrogen and oxygen atoms in total. The Labute approximate surface area is 229 Å². The average molecular weight is 524 g/mol. The molecule has 3 aromatic carbocycles. The lowest BCUT2D eigenvalue weighted by atomic mass is 9.94. The zero-order valence-corrected chi connectivity index (χ0v) is 22.1. The first-order valence-corrected chi connectivity index (χ1v) is 12.8. The second-order valence-electron chi connectivity index (χ2n) is 8.77. The third-order valence-corrected chi connectivity index (χ3v) is 6.37. The number of hydrogen-bond donors (Lipinski definition) is 0. The molecule has 1 heterocycles. The van der Waals surface area contributed by atoms with Crippen molar-refractivity contribution in [1.29, 1.82) is 0 Å². The maximum atomic E-state index is 6.86. The predicted molar refractivity (Wildman–Crippen MR) is 153 cm³/mol. The Morgan fingerprint density at radius 2 is 1.45 bits per heavy atom. The summed E-state index contributed by atoms with van der Waals surface area (Å²) in [6, 6.07) is 29.6. The summed E-state index contributed by atoms with van der Waals surface area (Å²) >= 11 is 6.86. The Kier molecular flexibility index (Phi) is 9.59. The molecule has 5 heteroatoms. The van der Waals surface area contributed by atoms with Crippen molar-refractivity contribution in [3.05, 3.63) is 125 Å². The minimum atomic E-state index is -0.535. The number of halogens is 1. The Hall–Kier alpha value is -4.04. The van der Waals surface area contributed by atoms with E-state index in [1.807, 2.05) is 104 Å². The van der Waals surface area contributed by atoms with E-state index in [1.165, 1.54) is 0 Å². The minimum absolute atomic E-state index is 0.0996. The van der Waals surface area contributed by atoms with E-state index >= 15 is 0 Å². The van der Waals surface area contributed by atoms with E-state index in [-0.39, 0.29) is 17.7 Å². The lowest BCUT2D eigenvalue weighted by molar-refractivity contribution is 0.0456. The number of pyridine rings is 1. The van der Waals surface area contributed by atoms with Crippen LogP contribution in [-0.4, -0.2) is 11.6 Å². The van der Waals surface area contributed by atoms with E-state index in [0.717, 1.165) is 16.7 Å². The number of hydrogen-bond acceptors (Lipinski definition) is 4. The van der Waals surface area contributed by atoms with Crippen LogP contribution >= 0.6 is 11.6 Å². The van der Waals surface area contributed by atoms with E-state index in [0.29, 0.717) is 36.0 Å². The quantitative estimate of drug-likeness (QED) is 0.107. The first-order valence-electron chi connectivity index (χ1n) is 12.4. The van der Waals surface area contributed by atoms with Crippen molar-refractivity contribution in [1.82, 2.24) is 4.98 Å². The molecule has 0 saturated heterocycles. The van der Waals surface area contributed by atoms with Gasteiger partial charge in [-0.05, 0) is 16.7 Å². The molecule has 0 aliphatic rings. The zero-order valence-electron chi connectivity index (χ0n) is 21.3. The number of benzene rings is 3. The molecule has 0 radical (unpaired) electrons. The molecule has 192 valence electrons. The average Bonchev–Trinajstić information content (AvgIpc) is 2.97. The molecule has 0 unspecified atom stereocenters. The normalized spacial score (nSPS) is 12.2. The van der Waals surface area contributed by atoms with Crippen LogP contribution in [0.3, 0.4) is 0 Å². The van der Waals surface area contributed by atoms with E-state index in [4.69, 9.17) is 37.2 Å². The summed E-state index contributed by atoms with van der Waals surface area (Å²) in [5.41, 5.74) is 4.17. The highest BCUT2D eigenvalue weighted by molar-refractivity contribution is 6.32. The van der Waals surface area contributed by atoms with Crippen molar-refractivity contribution in [2.45, 2.75) is 26.2 Å². The fourth-order valence-corrected chi connectivity index (χ4v) is 4.38. The largest absolute Gasteiger partial charge is 0.488 e. The highest BCUT2D eigenvalue weighted by Crippen LogP contribution is 2.48. The molecule has 0 amide bonds. The van der Waals surface area contributed by atoms with Crippen molar-refractivity contribution in [3.63, 3.8) is 0 Å². The summed E-state index contributed by atoms with van der Waals surface area (Å²) in [6.07, 6.45) is 6.87. The Balaban J connectivity index is 1.91. The first-order chi connectivity index (χ1) is 18.6. The van der Waals surface area contributed by atoms with Crippen LogP contribution in [0, 0.1) is 18.3 Å². The summed E-state index contributed by atoms with van der Waals surface area (Å²) < 4.78 is 19.1. The van der Waals surface area contributed by atoms with Gasteiger partial charge in [0.1, 0.15) is 30.7 Å². The van der Waals surface area contributed by atoms with E-state index in [1.54, 1.807) is 0 Å². The number of nitrogens with zero attached hydrogens (tertiary/aromatic N) is 1. The van der Waals surface area contributed by atoms with Gasteiger partial charge in [-0.3, -0.25) is 0 Å². The molecule has 4 rings (SSSR count). The van der Waals surface area contributed by atoms with Gasteiger partial charge in [0, 0.05) is 5.92 Å². The topological polar surface area (TPSA) is 40.6 Å². The number of terminal acetylenes is 1. The standard InChI is InChI=1S/C33H30ClNO3/c1-4-21-36-30(24(3)5-2)29-31(37-22-25-15-9-6-10-16-25)28(27-19-13-8-14-20-27)32(34)35-33(29)38-23-26-17-11-7-12-18-26/h1,5-20,24,30H,2,21-23H2,3H3/t24-,30-/m0/s1. The molecule has 0 fully saturated rings. The predicted octanol–water partition coefficient (Wildman–Crippen LogP) is 8.07. The van der Waals surface area contributed by atoms with Crippen molar-refractivity contribution in [3.8, 4) is 35.1 Å². The molecule has 1 aromatic heterocycles. The summed E-state index contributed by atoms with van der Waals surface area (Å²) in [7, 11) is 0. The van der Waals surface area contributed by atoms with Crippen molar-refractivity contribution >= 4 is 11.6 Å². The molecule has 0 spiro atoms. The third kappa shape index (κ3) is 6.63. The molecule has 0 bridgehead atoms.